The maximum Gasteiger partial charge on any atom is 0.255 e. The van der Waals surface area contributed by atoms with Gasteiger partial charge in [0, 0.05) is 50.4 Å². The second kappa shape index (κ2) is 9.35. The Bertz CT molecular complexity index is 879. The predicted octanol–water partition coefficient (Wildman–Crippen LogP) is 3.32. The van der Waals surface area contributed by atoms with Crippen molar-refractivity contribution in [3.63, 3.8) is 0 Å². The van der Waals surface area contributed by atoms with Crippen molar-refractivity contribution >= 4 is 23.4 Å². The van der Waals surface area contributed by atoms with Crippen LogP contribution < -0.4 is 10.2 Å². The summed E-state index contributed by atoms with van der Waals surface area (Å²) in [4.78, 5) is 27.1. The van der Waals surface area contributed by atoms with Crippen LogP contribution in [0.1, 0.15) is 47.6 Å². The van der Waals surface area contributed by atoms with Gasteiger partial charge in [-0.2, -0.15) is 0 Å². The first-order valence-corrected chi connectivity index (χ1v) is 12.0. The fourth-order valence-corrected chi connectivity index (χ4v) is 4.65. The Morgan fingerprint density at radius 3 is 2.50 bits per heavy atom. The number of anilines is 1. The van der Waals surface area contributed by atoms with E-state index in [0.29, 0.717) is 18.0 Å². The molecule has 2 fully saturated rings. The van der Waals surface area contributed by atoms with Crippen molar-refractivity contribution in [2.75, 3.05) is 43.9 Å². The number of aryl methyl sites for hydroxylation is 1. The zero-order chi connectivity index (χ0) is 21.1. The number of rotatable bonds is 7. The van der Waals surface area contributed by atoms with E-state index in [0.717, 1.165) is 55.6 Å². The Hall–Kier alpha value is -2.12. The molecule has 1 saturated carbocycles. The zero-order valence-corrected chi connectivity index (χ0v) is 18.9. The topological polar surface area (TPSA) is 61.4 Å². The Kier molecular flexibility index (Phi) is 6.58. The average molecular weight is 426 g/mol. The van der Waals surface area contributed by atoms with E-state index >= 15 is 0 Å². The second-order valence-electron chi connectivity index (χ2n) is 8.24. The first-order valence-electron chi connectivity index (χ1n) is 10.8. The highest BCUT2D eigenvalue weighted by Gasteiger charge is 2.29. The van der Waals surface area contributed by atoms with Gasteiger partial charge in [0.25, 0.3) is 5.91 Å². The normalized spacial score (nSPS) is 18.3. The van der Waals surface area contributed by atoms with Crippen molar-refractivity contribution in [2.24, 2.45) is 0 Å². The van der Waals surface area contributed by atoms with E-state index in [9.17, 15) is 4.79 Å². The highest BCUT2D eigenvalue weighted by atomic mass is 32.2. The third kappa shape index (κ3) is 4.78. The lowest BCUT2D eigenvalue weighted by Crippen LogP contribution is -2.52. The molecule has 1 saturated heterocycles. The average Bonchev–Trinajstić information content (AvgIpc) is 3.63. The van der Waals surface area contributed by atoms with E-state index in [4.69, 9.17) is 0 Å². The minimum absolute atomic E-state index is 0.0611. The highest BCUT2D eigenvalue weighted by Crippen LogP contribution is 2.39. The van der Waals surface area contributed by atoms with Gasteiger partial charge in [-0.3, -0.25) is 9.69 Å². The summed E-state index contributed by atoms with van der Waals surface area (Å²) in [5.74, 6) is 1.33. The maximum absolute atomic E-state index is 12.9. The van der Waals surface area contributed by atoms with Crippen LogP contribution in [0.3, 0.4) is 0 Å². The smallest absolute Gasteiger partial charge is 0.255 e. The number of benzene rings is 1. The molecular weight excluding hydrogens is 394 g/mol. The van der Waals surface area contributed by atoms with Gasteiger partial charge in [-0.05, 0) is 45.1 Å². The number of thioether (sulfide) groups is 1. The number of para-hydroxylation sites is 1. The summed E-state index contributed by atoms with van der Waals surface area (Å²) in [6, 6.07) is 10.9. The molecule has 2 aliphatic rings. The van der Waals surface area contributed by atoms with Gasteiger partial charge in [-0.1, -0.05) is 18.2 Å². The molecule has 1 N–H and O–H groups in total. The summed E-state index contributed by atoms with van der Waals surface area (Å²) in [5.41, 5.74) is 2.71. The quantitative estimate of drug-likeness (QED) is 0.542. The molecule has 1 aliphatic heterocycles. The Labute approximate surface area is 183 Å². The van der Waals surface area contributed by atoms with Crippen molar-refractivity contribution in [3.8, 4) is 0 Å². The summed E-state index contributed by atoms with van der Waals surface area (Å²) in [6.07, 6.45) is 4.30. The molecule has 2 heterocycles. The molecular formula is C23H31N5OS. The Morgan fingerprint density at radius 2 is 1.87 bits per heavy atom. The van der Waals surface area contributed by atoms with Crippen molar-refractivity contribution < 1.29 is 4.79 Å². The number of carbonyl (C=O) groups is 1. The highest BCUT2D eigenvalue weighted by molar-refractivity contribution is 7.98. The molecule has 30 heavy (non-hydrogen) atoms. The van der Waals surface area contributed by atoms with Gasteiger partial charge in [0.05, 0.1) is 11.3 Å². The molecule has 1 atom stereocenters. The fraction of sp³-hybridized carbons (Fsp3) is 0.522. The van der Waals surface area contributed by atoms with E-state index in [1.54, 1.807) is 0 Å². The number of amides is 1. The molecule has 1 amide bonds. The molecule has 2 aromatic rings. The van der Waals surface area contributed by atoms with Crippen LogP contribution >= 0.6 is 11.8 Å². The van der Waals surface area contributed by atoms with E-state index in [1.807, 2.05) is 13.2 Å². The van der Waals surface area contributed by atoms with Gasteiger partial charge in [0.1, 0.15) is 10.9 Å². The van der Waals surface area contributed by atoms with E-state index in [2.05, 4.69) is 62.3 Å². The van der Waals surface area contributed by atoms with Crippen molar-refractivity contribution in [1.82, 2.24) is 20.2 Å². The molecule has 0 spiro atoms. The molecule has 0 radical (unpaired) electrons. The van der Waals surface area contributed by atoms with Crippen molar-refractivity contribution in [1.29, 1.82) is 0 Å². The first kappa shape index (κ1) is 21.1. The van der Waals surface area contributed by atoms with Crippen molar-refractivity contribution in [2.45, 2.75) is 43.7 Å². The number of aromatic nitrogens is 2. The second-order valence-corrected chi connectivity index (χ2v) is 9.04. The predicted molar refractivity (Wildman–Crippen MR) is 123 cm³/mol. The number of nitrogens with zero attached hydrogens (tertiary/aromatic N) is 4. The summed E-state index contributed by atoms with van der Waals surface area (Å²) in [5, 5.41) is 3.93. The van der Waals surface area contributed by atoms with E-state index in [1.165, 1.54) is 17.4 Å². The number of hydrogen-bond acceptors (Lipinski definition) is 6. The lowest BCUT2D eigenvalue weighted by atomic mass is 10.2. The van der Waals surface area contributed by atoms with Crippen LogP contribution in [-0.2, 0) is 0 Å². The van der Waals surface area contributed by atoms with Crippen LogP contribution in [0, 0.1) is 6.92 Å². The third-order valence-electron chi connectivity index (χ3n) is 6.05. The summed E-state index contributed by atoms with van der Waals surface area (Å²) < 4.78 is 0. The van der Waals surface area contributed by atoms with Crippen LogP contribution in [0.4, 0.5) is 5.69 Å². The largest absolute Gasteiger partial charge is 0.369 e. The lowest BCUT2D eigenvalue weighted by Gasteiger charge is -2.39. The lowest BCUT2D eigenvalue weighted by molar-refractivity contribution is 0.0929. The summed E-state index contributed by atoms with van der Waals surface area (Å²) in [7, 11) is 0. The van der Waals surface area contributed by atoms with E-state index in [-0.39, 0.29) is 11.9 Å². The maximum atomic E-state index is 12.9. The molecule has 160 valence electrons. The molecule has 0 bridgehead atoms. The number of hydrogen-bond donors (Lipinski definition) is 1. The molecule has 1 aromatic carbocycles. The fourth-order valence-electron chi connectivity index (χ4n) is 4.02. The minimum atomic E-state index is -0.0611. The summed E-state index contributed by atoms with van der Waals surface area (Å²) >= 11 is 1.53. The van der Waals surface area contributed by atoms with Crippen LogP contribution in [0.5, 0.6) is 0 Å². The van der Waals surface area contributed by atoms with Gasteiger partial charge in [0.2, 0.25) is 0 Å². The summed E-state index contributed by atoms with van der Waals surface area (Å²) in [6.45, 7) is 8.76. The molecule has 1 aromatic heterocycles. The van der Waals surface area contributed by atoms with Crippen LogP contribution in [0.2, 0.25) is 0 Å². The Balaban J connectivity index is 1.32. The van der Waals surface area contributed by atoms with Crippen LogP contribution in [-0.4, -0.2) is 65.8 Å². The van der Waals surface area contributed by atoms with Gasteiger partial charge >= 0.3 is 0 Å². The van der Waals surface area contributed by atoms with Crippen LogP contribution in [0.15, 0.2) is 35.4 Å². The van der Waals surface area contributed by atoms with E-state index < -0.39 is 0 Å². The van der Waals surface area contributed by atoms with Gasteiger partial charge in [-0.15, -0.1) is 11.8 Å². The number of nitrogens with one attached hydrogen (secondary N) is 1. The minimum Gasteiger partial charge on any atom is -0.369 e. The molecule has 1 aliphatic carbocycles. The number of piperazine rings is 1. The standard InChI is InChI=1S/C23H31N5OS/c1-16(27-11-13-28(14-12-27)19-7-5-4-6-8-19)15-24-22(29)20-17(2)25-21(18-9-10-18)26-23(20)30-3/h4-8,16,18H,9-15H2,1-3H3,(H,24,29). The molecule has 4 rings (SSSR count). The van der Waals surface area contributed by atoms with Gasteiger partial charge < -0.3 is 10.2 Å². The zero-order valence-electron chi connectivity index (χ0n) is 18.1. The molecule has 6 nitrogen and oxygen atoms in total. The first-order chi connectivity index (χ1) is 14.6. The molecule has 7 heteroatoms. The molecule has 1 unspecified atom stereocenters. The van der Waals surface area contributed by atoms with Gasteiger partial charge in [0.15, 0.2) is 0 Å². The van der Waals surface area contributed by atoms with Crippen molar-refractivity contribution in [3.05, 3.63) is 47.4 Å². The number of carbonyl (C=O) groups excluding carboxylic acids is 1. The Morgan fingerprint density at radius 1 is 1.17 bits per heavy atom. The van der Waals surface area contributed by atoms with Gasteiger partial charge in [-0.25, -0.2) is 9.97 Å². The third-order valence-corrected chi connectivity index (χ3v) is 6.74. The SMILES string of the molecule is CSc1nc(C2CC2)nc(C)c1C(=O)NCC(C)N1CCN(c2ccccc2)CC1. The monoisotopic (exact) mass is 425 g/mol. The van der Waals surface area contributed by atoms with Crippen LogP contribution in [0.25, 0.3) is 0 Å².